The molecular formula is C24H17BrCl2N4O3. The third-order valence-electron chi connectivity index (χ3n) is 4.95. The van der Waals surface area contributed by atoms with Crippen LogP contribution in [-0.4, -0.2) is 22.4 Å². The first kappa shape index (κ1) is 23.8. The fourth-order valence-corrected chi connectivity index (χ4v) is 3.90. The molecule has 0 bridgehead atoms. The molecule has 1 aromatic heterocycles. The number of aryl methyl sites for hydroxylation is 1. The highest BCUT2D eigenvalue weighted by Crippen LogP contribution is 2.25. The topological polar surface area (TPSA) is 92.2 Å². The van der Waals surface area contributed by atoms with Crippen molar-refractivity contribution in [1.29, 1.82) is 0 Å². The molecule has 0 saturated carbocycles. The zero-order valence-electron chi connectivity index (χ0n) is 17.7. The van der Waals surface area contributed by atoms with E-state index in [9.17, 15) is 14.4 Å². The molecule has 0 unspecified atom stereocenters. The molecule has 4 rings (SSSR count). The van der Waals surface area contributed by atoms with Gasteiger partial charge < -0.3 is 10.6 Å². The molecule has 7 nitrogen and oxygen atoms in total. The number of rotatable bonds is 4. The van der Waals surface area contributed by atoms with Gasteiger partial charge in [-0.05, 0) is 67.1 Å². The number of aromatic nitrogens is 1. The summed E-state index contributed by atoms with van der Waals surface area (Å²) in [4.78, 5) is 38.3. The van der Waals surface area contributed by atoms with Crippen molar-refractivity contribution in [3.05, 3.63) is 92.5 Å². The van der Waals surface area contributed by atoms with Gasteiger partial charge in [0.1, 0.15) is 5.69 Å². The summed E-state index contributed by atoms with van der Waals surface area (Å²) in [6, 6.07) is 18.4. The summed E-state index contributed by atoms with van der Waals surface area (Å²) >= 11 is 15.6. The van der Waals surface area contributed by atoms with Crippen LogP contribution in [0.4, 0.5) is 11.4 Å². The molecule has 0 spiro atoms. The molecule has 3 amide bonds. The molecule has 3 N–H and O–H groups in total. The van der Waals surface area contributed by atoms with E-state index in [-0.39, 0.29) is 16.4 Å². The maximum Gasteiger partial charge on any atom is 0.328 e. The van der Waals surface area contributed by atoms with E-state index < -0.39 is 17.7 Å². The first-order valence-electron chi connectivity index (χ1n) is 9.98. The van der Waals surface area contributed by atoms with Crippen molar-refractivity contribution in [1.82, 2.24) is 4.68 Å². The van der Waals surface area contributed by atoms with Crippen molar-refractivity contribution in [2.45, 2.75) is 6.92 Å². The number of anilines is 2. The Morgan fingerprint density at radius 1 is 0.882 bits per heavy atom. The second-order valence-electron chi connectivity index (χ2n) is 7.36. The first-order valence-corrected chi connectivity index (χ1v) is 11.5. The van der Waals surface area contributed by atoms with Gasteiger partial charge in [0.15, 0.2) is 0 Å². The Morgan fingerprint density at radius 2 is 1.65 bits per heavy atom. The predicted molar refractivity (Wildman–Crippen MR) is 138 cm³/mol. The Bertz CT molecular complexity index is 1450. The van der Waals surface area contributed by atoms with Crippen molar-refractivity contribution in [3.63, 3.8) is 0 Å². The van der Waals surface area contributed by atoms with Gasteiger partial charge in [0.25, 0.3) is 5.91 Å². The number of carbonyl (C=O) groups excluding carboxylic acids is 3. The largest absolute Gasteiger partial charge is 0.328 e. The fourth-order valence-electron chi connectivity index (χ4n) is 3.29. The van der Waals surface area contributed by atoms with Crippen LogP contribution in [0.25, 0.3) is 10.9 Å². The minimum absolute atomic E-state index is 0.108. The van der Waals surface area contributed by atoms with Gasteiger partial charge in [0.2, 0.25) is 0 Å². The number of nitrogens with zero attached hydrogens (tertiary/aromatic N) is 1. The SMILES string of the molecule is Cc1cc(NC(=O)c2cc3cc(Cl)ccc3n2NC(=O)C(=O)Nc2ccccc2Cl)ccc1Br. The molecular weight excluding hydrogens is 543 g/mol. The number of para-hydroxylation sites is 1. The summed E-state index contributed by atoms with van der Waals surface area (Å²) in [5, 5.41) is 6.62. The molecule has 10 heteroatoms. The van der Waals surface area contributed by atoms with Crippen LogP contribution in [0.2, 0.25) is 10.0 Å². The molecule has 0 saturated heterocycles. The van der Waals surface area contributed by atoms with E-state index in [1.54, 1.807) is 54.6 Å². The van der Waals surface area contributed by atoms with Crippen molar-refractivity contribution in [2.75, 3.05) is 16.1 Å². The van der Waals surface area contributed by atoms with Crippen molar-refractivity contribution < 1.29 is 14.4 Å². The van der Waals surface area contributed by atoms with E-state index >= 15 is 0 Å². The third-order valence-corrected chi connectivity index (χ3v) is 6.41. The van der Waals surface area contributed by atoms with Crippen LogP contribution in [0.5, 0.6) is 0 Å². The summed E-state index contributed by atoms with van der Waals surface area (Å²) in [5.41, 5.74) is 4.89. The summed E-state index contributed by atoms with van der Waals surface area (Å²) in [7, 11) is 0. The van der Waals surface area contributed by atoms with Gasteiger partial charge in [-0.25, -0.2) is 4.68 Å². The van der Waals surface area contributed by atoms with Crippen LogP contribution in [-0.2, 0) is 9.59 Å². The van der Waals surface area contributed by atoms with E-state index in [4.69, 9.17) is 23.2 Å². The number of carbonyl (C=O) groups is 3. The second kappa shape index (κ2) is 9.89. The molecule has 0 aliphatic heterocycles. The van der Waals surface area contributed by atoms with Gasteiger partial charge in [0.05, 0.1) is 16.2 Å². The lowest BCUT2D eigenvalue weighted by molar-refractivity contribution is -0.133. The standard InChI is InChI=1S/C24H17BrCl2N4O3/c1-13-10-16(7-8-17(13)25)28-22(32)21-12-14-11-15(26)6-9-20(14)31(21)30-24(34)23(33)29-19-5-3-2-4-18(19)27/h2-12H,1H3,(H,28,32)(H,29,33)(H,30,34). The Balaban J connectivity index is 1.64. The van der Waals surface area contributed by atoms with E-state index in [0.717, 1.165) is 10.0 Å². The zero-order valence-corrected chi connectivity index (χ0v) is 20.8. The van der Waals surface area contributed by atoms with Crippen LogP contribution in [0.1, 0.15) is 16.1 Å². The summed E-state index contributed by atoms with van der Waals surface area (Å²) in [6.45, 7) is 1.90. The summed E-state index contributed by atoms with van der Waals surface area (Å²) < 4.78 is 2.16. The van der Waals surface area contributed by atoms with Gasteiger partial charge in [-0.3, -0.25) is 19.8 Å². The smallest absolute Gasteiger partial charge is 0.321 e. The lowest BCUT2D eigenvalue weighted by Gasteiger charge is -2.13. The van der Waals surface area contributed by atoms with Crippen molar-refractivity contribution in [3.8, 4) is 0 Å². The number of halogens is 3. The van der Waals surface area contributed by atoms with Crippen LogP contribution < -0.4 is 16.1 Å². The molecule has 3 aromatic carbocycles. The highest BCUT2D eigenvalue weighted by molar-refractivity contribution is 9.10. The van der Waals surface area contributed by atoms with E-state index in [1.807, 2.05) is 19.1 Å². The molecule has 34 heavy (non-hydrogen) atoms. The average Bonchev–Trinajstić information content (AvgIpc) is 3.15. The molecule has 0 fully saturated rings. The molecule has 0 aliphatic rings. The Labute approximate surface area is 213 Å². The van der Waals surface area contributed by atoms with Gasteiger partial charge in [-0.15, -0.1) is 0 Å². The van der Waals surface area contributed by atoms with Crippen molar-refractivity contribution >= 4 is 79.1 Å². The minimum Gasteiger partial charge on any atom is -0.321 e. The Morgan fingerprint density at radius 3 is 2.38 bits per heavy atom. The van der Waals surface area contributed by atoms with Gasteiger partial charge in [-0.2, -0.15) is 0 Å². The number of hydrogen-bond donors (Lipinski definition) is 3. The first-order chi connectivity index (χ1) is 16.2. The molecule has 0 aliphatic carbocycles. The maximum absolute atomic E-state index is 13.1. The van der Waals surface area contributed by atoms with Gasteiger partial charge in [0, 0.05) is 20.6 Å². The number of amides is 3. The summed E-state index contributed by atoms with van der Waals surface area (Å²) in [5.74, 6) is -2.42. The quantitative estimate of drug-likeness (QED) is 0.268. The molecule has 0 atom stereocenters. The number of hydrogen-bond acceptors (Lipinski definition) is 3. The third kappa shape index (κ3) is 5.09. The van der Waals surface area contributed by atoms with E-state index in [0.29, 0.717) is 21.6 Å². The monoisotopic (exact) mass is 558 g/mol. The number of benzene rings is 3. The second-order valence-corrected chi connectivity index (χ2v) is 9.06. The highest BCUT2D eigenvalue weighted by Gasteiger charge is 2.22. The lowest BCUT2D eigenvalue weighted by Crippen LogP contribution is -2.36. The molecule has 4 aromatic rings. The van der Waals surface area contributed by atoms with Crippen molar-refractivity contribution in [2.24, 2.45) is 0 Å². The molecule has 0 radical (unpaired) electrons. The minimum atomic E-state index is -0.985. The van der Waals surface area contributed by atoms with Crippen LogP contribution >= 0.6 is 39.1 Å². The lowest BCUT2D eigenvalue weighted by atomic mass is 10.2. The number of fused-ring (bicyclic) bond motifs is 1. The van der Waals surface area contributed by atoms with Gasteiger partial charge >= 0.3 is 11.8 Å². The highest BCUT2D eigenvalue weighted by atomic mass is 79.9. The van der Waals surface area contributed by atoms with Crippen LogP contribution in [0.15, 0.2) is 71.2 Å². The zero-order chi connectivity index (χ0) is 24.4. The van der Waals surface area contributed by atoms with E-state index in [1.165, 1.54) is 4.68 Å². The molecule has 1 heterocycles. The predicted octanol–water partition coefficient (Wildman–Crippen LogP) is 5.98. The van der Waals surface area contributed by atoms with Crippen LogP contribution in [0, 0.1) is 6.92 Å². The van der Waals surface area contributed by atoms with E-state index in [2.05, 4.69) is 32.0 Å². The fraction of sp³-hybridized carbons (Fsp3) is 0.0417. The van der Waals surface area contributed by atoms with Crippen LogP contribution in [0.3, 0.4) is 0 Å². The average molecular weight is 560 g/mol. The van der Waals surface area contributed by atoms with Gasteiger partial charge in [-0.1, -0.05) is 51.3 Å². The Hall–Kier alpha value is -3.33. The Kier molecular flexibility index (Phi) is 6.92. The summed E-state index contributed by atoms with van der Waals surface area (Å²) in [6.07, 6.45) is 0. The molecule has 172 valence electrons. The number of nitrogens with one attached hydrogen (secondary N) is 3. The normalized spacial score (nSPS) is 10.7. The maximum atomic E-state index is 13.1.